The third kappa shape index (κ3) is 3.69. The van der Waals surface area contributed by atoms with Crippen molar-refractivity contribution in [2.45, 2.75) is 57.7 Å². The first kappa shape index (κ1) is 18.4. The number of rotatable bonds is 5. The van der Waals surface area contributed by atoms with E-state index < -0.39 is 0 Å². The molecule has 2 atom stereocenters. The van der Waals surface area contributed by atoms with Gasteiger partial charge in [-0.25, -0.2) is 4.98 Å². The fourth-order valence-corrected chi connectivity index (χ4v) is 3.76. The van der Waals surface area contributed by atoms with Gasteiger partial charge in [0, 0.05) is 37.2 Å². The van der Waals surface area contributed by atoms with Gasteiger partial charge in [0.25, 0.3) is 5.91 Å². The summed E-state index contributed by atoms with van der Waals surface area (Å²) in [5.41, 5.74) is 0.465. The molecule has 2 bridgehead atoms. The molecule has 0 spiro atoms. The molecule has 2 saturated heterocycles. The van der Waals surface area contributed by atoms with Crippen molar-refractivity contribution in [1.29, 1.82) is 0 Å². The summed E-state index contributed by atoms with van der Waals surface area (Å²) in [6.07, 6.45) is 4.09. The van der Waals surface area contributed by atoms with Crippen molar-refractivity contribution in [2.75, 3.05) is 11.4 Å². The molecule has 4 rings (SSSR count). The largest absolute Gasteiger partial charge is 0.354 e. The van der Waals surface area contributed by atoms with Gasteiger partial charge in [0.15, 0.2) is 5.82 Å². The minimum atomic E-state index is -0.245. The minimum absolute atomic E-state index is 0.0929. The summed E-state index contributed by atoms with van der Waals surface area (Å²) < 4.78 is 5.13. The highest BCUT2D eigenvalue weighted by Gasteiger charge is 2.38. The van der Waals surface area contributed by atoms with Crippen LogP contribution in [0.2, 0.25) is 0 Å². The summed E-state index contributed by atoms with van der Waals surface area (Å²) in [6.45, 7) is 4.76. The quantitative estimate of drug-likeness (QED) is 0.800. The lowest BCUT2D eigenvalue weighted by molar-refractivity contribution is -0.121. The van der Waals surface area contributed by atoms with E-state index in [0.29, 0.717) is 30.2 Å². The van der Waals surface area contributed by atoms with E-state index in [1.165, 1.54) is 0 Å². The van der Waals surface area contributed by atoms with Crippen LogP contribution >= 0.6 is 0 Å². The summed E-state index contributed by atoms with van der Waals surface area (Å²) >= 11 is 0. The molecule has 2 aromatic rings. The van der Waals surface area contributed by atoms with E-state index in [9.17, 15) is 9.59 Å². The van der Waals surface area contributed by atoms with E-state index >= 15 is 0 Å². The van der Waals surface area contributed by atoms with Crippen molar-refractivity contribution in [3.8, 4) is 0 Å². The molecular formula is C19H24N6O3. The van der Waals surface area contributed by atoms with Gasteiger partial charge < -0.3 is 20.1 Å². The predicted octanol–water partition coefficient (Wildman–Crippen LogP) is 1.38. The Labute approximate surface area is 162 Å². The number of nitrogens with zero attached hydrogens (tertiary/aromatic N) is 4. The first-order chi connectivity index (χ1) is 13.5. The van der Waals surface area contributed by atoms with Gasteiger partial charge >= 0.3 is 0 Å². The molecule has 0 radical (unpaired) electrons. The maximum atomic E-state index is 12.4. The molecule has 2 amide bonds. The first-order valence-electron chi connectivity index (χ1n) is 9.63. The van der Waals surface area contributed by atoms with E-state index in [-0.39, 0.29) is 36.4 Å². The van der Waals surface area contributed by atoms with Crippen LogP contribution < -0.4 is 15.5 Å². The second kappa shape index (κ2) is 7.57. The van der Waals surface area contributed by atoms with Crippen molar-refractivity contribution in [1.82, 2.24) is 25.8 Å². The monoisotopic (exact) mass is 384 g/mol. The zero-order valence-electron chi connectivity index (χ0n) is 16.0. The van der Waals surface area contributed by atoms with Crippen molar-refractivity contribution < 1.29 is 14.1 Å². The number of pyridine rings is 1. The molecule has 2 unspecified atom stereocenters. The molecule has 4 heterocycles. The Morgan fingerprint density at radius 2 is 2.18 bits per heavy atom. The zero-order valence-corrected chi connectivity index (χ0v) is 16.0. The predicted molar refractivity (Wildman–Crippen MR) is 101 cm³/mol. The van der Waals surface area contributed by atoms with Crippen molar-refractivity contribution in [3.63, 3.8) is 0 Å². The molecule has 9 heteroatoms. The standard InChI is InChI=1S/C19H24N6O3/c1-11(2)19-23-15(24-28-19)10-22-18(27)12-3-6-16(20-8-12)25-13-4-5-14(25)9-21-17(26)7-13/h3,6,8,11,13-14H,4-5,7,9-10H2,1-2H3,(H,21,26)(H,22,27). The summed E-state index contributed by atoms with van der Waals surface area (Å²) in [5, 5.41) is 9.59. The summed E-state index contributed by atoms with van der Waals surface area (Å²) in [4.78, 5) is 35.1. The van der Waals surface area contributed by atoms with Gasteiger partial charge in [0.2, 0.25) is 11.8 Å². The molecule has 0 aliphatic carbocycles. The topological polar surface area (TPSA) is 113 Å². The highest BCUT2D eigenvalue weighted by atomic mass is 16.5. The van der Waals surface area contributed by atoms with Crippen LogP contribution in [0.15, 0.2) is 22.9 Å². The van der Waals surface area contributed by atoms with Crippen LogP contribution in [0.5, 0.6) is 0 Å². The lowest BCUT2D eigenvalue weighted by atomic mass is 10.1. The molecule has 148 valence electrons. The van der Waals surface area contributed by atoms with Crippen molar-refractivity contribution in [3.05, 3.63) is 35.6 Å². The smallest absolute Gasteiger partial charge is 0.253 e. The number of nitrogens with one attached hydrogen (secondary N) is 2. The molecule has 2 aliphatic heterocycles. The Bertz CT molecular complexity index is 863. The maximum absolute atomic E-state index is 12.4. The van der Waals surface area contributed by atoms with E-state index in [1.807, 2.05) is 19.9 Å². The fraction of sp³-hybridized carbons (Fsp3) is 0.526. The van der Waals surface area contributed by atoms with Gasteiger partial charge in [0.05, 0.1) is 12.1 Å². The Hall–Kier alpha value is -2.97. The molecule has 28 heavy (non-hydrogen) atoms. The van der Waals surface area contributed by atoms with Gasteiger partial charge in [-0.05, 0) is 25.0 Å². The number of fused-ring (bicyclic) bond motifs is 2. The number of hydrogen-bond donors (Lipinski definition) is 2. The number of carbonyl (C=O) groups is 2. The zero-order chi connectivity index (χ0) is 19.7. The minimum Gasteiger partial charge on any atom is -0.354 e. The molecule has 0 aromatic carbocycles. The Morgan fingerprint density at radius 3 is 2.89 bits per heavy atom. The Kier molecular flexibility index (Phi) is 4.97. The van der Waals surface area contributed by atoms with Crippen LogP contribution in [0.4, 0.5) is 5.82 Å². The maximum Gasteiger partial charge on any atom is 0.253 e. The molecule has 2 aromatic heterocycles. The first-order valence-corrected chi connectivity index (χ1v) is 9.63. The van der Waals surface area contributed by atoms with Gasteiger partial charge in [-0.3, -0.25) is 9.59 Å². The normalized spacial score (nSPS) is 21.5. The summed E-state index contributed by atoms with van der Waals surface area (Å²) in [6, 6.07) is 4.04. The Morgan fingerprint density at radius 1 is 1.36 bits per heavy atom. The number of hydrogen-bond acceptors (Lipinski definition) is 7. The van der Waals surface area contributed by atoms with Crippen LogP contribution in [0.25, 0.3) is 0 Å². The van der Waals surface area contributed by atoms with Crippen LogP contribution in [0, 0.1) is 0 Å². The number of aromatic nitrogens is 3. The molecule has 2 N–H and O–H groups in total. The van der Waals surface area contributed by atoms with Crippen molar-refractivity contribution in [2.24, 2.45) is 0 Å². The second-order valence-electron chi connectivity index (χ2n) is 7.59. The van der Waals surface area contributed by atoms with E-state index in [0.717, 1.165) is 18.7 Å². The average molecular weight is 384 g/mol. The third-order valence-corrected chi connectivity index (χ3v) is 5.24. The lowest BCUT2D eigenvalue weighted by Gasteiger charge is -2.28. The average Bonchev–Trinajstić information content (AvgIpc) is 3.27. The van der Waals surface area contributed by atoms with Gasteiger partial charge in [0.1, 0.15) is 5.82 Å². The number of anilines is 1. The van der Waals surface area contributed by atoms with Crippen LogP contribution in [0.1, 0.15) is 61.1 Å². The summed E-state index contributed by atoms with van der Waals surface area (Å²) in [5.74, 6) is 1.80. The lowest BCUT2D eigenvalue weighted by Crippen LogP contribution is -2.38. The second-order valence-corrected chi connectivity index (χ2v) is 7.59. The number of amides is 2. The fourth-order valence-electron chi connectivity index (χ4n) is 3.76. The van der Waals surface area contributed by atoms with Gasteiger partial charge in [-0.15, -0.1) is 0 Å². The molecule has 0 saturated carbocycles. The van der Waals surface area contributed by atoms with E-state index in [2.05, 4.69) is 30.7 Å². The van der Waals surface area contributed by atoms with E-state index in [1.54, 1.807) is 12.3 Å². The summed E-state index contributed by atoms with van der Waals surface area (Å²) in [7, 11) is 0. The van der Waals surface area contributed by atoms with Crippen LogP contribution in [-0.4, -0.2) is 45.6 Å². The SMILES string of the molecule is CC(C)c1nc(CNC(=O)c2ccc(N3C4CCC3CC(=O)NC4)nc2)no1. The molecular weight excluding hydrogens is 360 g/mol. The number of carbonyl (C=O) groups excluding carboxylic acids is 2. The third-order valence-electron chi connectivity index (χ3n) is 5.24. The van der Waals surface area contributed by atoms with Crippen molar-refractivity contribution >= 4 is 17.6 Å². The van der Waals surface area contributed by atoms with Gasteiger partial charge in [-0.2, -0.15) is 4.98 Å². The van der Waals surface area contributed by atoms with Gasteiger partial charge in [-0.1, -0.05) is 19.0 Å². The van der Waals surface area contributed by atoms with E-state index in [4.69, 9.17) is 4.52 Å². The Balaban J connectivity index is 1.40. The highest BCUT2D eigenvalue weighted by Crippen LogP contribution is 2.32. The molecule has 2 aliphatic rings. The van der Waals surface area contributed by atoms with Crippen LogP contribution in [0.3, 0.4) is 0 Å². The van der Waals surface area contributed by atoms with Crippen LogP contribution in [-0.2, 0) is 11.3 Å². The molecule has 9 nitrogen and oxygen atoms in total. The molecule has 2 fully saturated rings. The highest BCUT2D eigenvalue weighted by molar-refractivity contribution is 5.94.